The van der Waals surface area contributed by atoms with Crippen molar-refractivity contribution in [2.75, 3.05) is 6.61 Å². The maximum Gasteiger partial charge on any atom is 0.0598 e. The van der Waals surface area contributed by atoms with Crippen LogP contribution in [0.15, 0.2) is 30.3 Å². The molecule has 0 radical (unpaired) electrons. The van der Waals surface area contributed by atoms with Crippen molar-refractivity contribution in [1.82, 2.24) is 0 Å². The van der Waals surface area contributed by atoms with Crippen molar-refractivity contribution in [3.63, 3.8) is 0 Å². The lowest BCUT2D eigenvalue weighted by Crippen LogP contribution is -2.38. The number of benzene rings is 1. The van der Waals surface area contributed by atoms with Gasteiger partial charge in [-0.25, -0.2) is 0 Å². The summed E-state index contributed by atoms with van der Waals surface area (Å²) in [4.78, 5) is 0. The van der Waals surface area contributed by atoms with Crippen molar-refractivity contribution in [1.29, 1.82) is 0 Å². The van der Waals surface area contributed by atoms with Crippen LogP contribution in [0.3, 0.4) is 0 Å². The van der Waals surface area contributed by atoms with Crippen LogP contribution in [0.4, 0.5) is 0 Å². The van der Waals surface area contributed by atoms with Gasteiger partial charge in [-0.05, 0) is 39.2 Å². The second-order valence-corrected chi connectivity index (χ2v) is 5.59. The van der Waals surface area contributed by atoms with Gasteiger partial charge in [0.1, 0.15) is 0 Å². The first-order valence-electron chi connectivity index (χ1n) is 6.36. The lowest BCUT2D eigenvalue weighted by atomic mass is 9.85. The predicted molar refractivity (Wildman–Crippen MR) is 72.9 cm³/mol. The molecular formula is C15H25NO. The third-order valence-corrected chi connectivity index (χ3v) is 3.06. The quantitative estimate of drug-likeness (QED) is 0.848. The molecule has 0 amide bonds. The topological polar surface area (TPSA) is 35.2 Å². The molecule has 1 aromatic carbocycles. The van der Waals surface area contributed by atoms with Crippen LogP contribution in [0.25, 0.3) is 0 Å². The first-order valence-corrected chi connectivity index (χ1v) is 6.36. The van der Waals surface area contributed by atoms with Crippen molar-refractivity contribution >= 4 is 0 Å². The van der Waals surface area contributed by atoms with Gasteiger partial charge < -0.3 is 10.5 Å². The average Bonchev–Trinajstić information content (AvgIpc) is 2.28. The number of rotatable bonds is 5. The molecular weight excluding hydrogens is 210 g/mol. The van der Waals surface area contributed by atoms with Crippen LogP contribution in [0.5, 0.6) is 0 Å². The van der Waals surface area contributed by atoms with Crippen LogP contribution in [0.2, 0.25) is 0 Å². The molecule has 1 unspecified atom stereocenters. The molecule has 2 nitrogen and oxygen atoms in total. The maximum atomic E-state index is 6.47. The van der Waals surface area contributed by atoms with Crippen LogP contribution < -0.4 is 5.73 Å². The summed E-state index contributed by atoms with van der Waals surface area (Å²) in [7, 11) is 0. The zero-order chi connectivity index (χ0) is 12.9. The molecule has 0 spiro atoms. The summed E-state index contributed by atoms with van der Waals surface area (Å²) in [5.74, 6) is 0. The SMILES string of the molecule is CCC(N)(CCOC(C)(C)C)c1ccccc1. The summed E-state index contributed by atoms with van der Waals surface area (Å²) < 4.78 is 5.77. The molecule has 0 aliphatic heterocycles. The van der Waals surface area contributed by atoms with Crippen LogP contribution in [-0.4, -0.2) is 12.2 Å². The number of nitrogens with two attached hydrogens (primary N) is 1. The van der Waals surface area contributed by atoms with Gasteiger partial charge in [-0.2, -0.15) is 0 Å². The van der Waals surface area contributed by atoms with E-state index < -0.39 is 0 Å². The van der Waals surface area contributed by atoms with E-state index in [2.05, 4.69) is 39.8 Å². The summed E-state index contributed by atoms with van der Waals surface area (Å²) >= 11 is 0. The van der Waals surface area contributed by atoms with Crippen molar-refractivity contribution in [3.8, 4) is 0 Å². The minimum Gasteiger partial charge on any atom is -0.376 e. The molecule has 17 heavy (non-hydrogen) atoms. The molecule has 1 rings (SSSR count). The molecule has 0 saturated heterocycles. The van der Waals surface area contributed by atoms with E-state index in [4.69, 9.17) is 10.5 Å². The third-order valence-electron chi connectivity index (χ3n) is 3.06. The lowest BCUT2D eigenvalue weighted by molar-refractivity contribution is -0.0119. The minimum absolute atomic E-state index is 0.0919. The van der Waals surface area contributed by atoms with E-state index in [1.54, 1.807) is 0 Å². The summed E-state index contributed by atoms with van der Waals surface area (Å²) in [5.41, 5.74) is 7.30. The van der Waals surface area contributed by atoms with Gasteiger partial charge >= 0.3 is 0 Å². The Morgan fingerprint density at radius 1 is 1.12 bits per heavy atom. The van der Waals surface area contributed by atoms with Crippen LogP contribution in [0, 0.1) is 0 Å². The maximum absolute atomic E-state index is 6.47. The van der Waals surface area contributed by atoms with Crippen molar-refractivity contribution < 1.29 is 4.74 Å². The molecule has 0 aliphatic rings. The molecule has 1 aromatic rings. The highest BCUT2D eigenvalue weighted by molar-refractivity contribution is 5.23. The summed E-state index contributed by atoms with van der Waals surface area (Å²) in [6.45, 7) is 9.03. The standard InChI is InChI=1S/C15H25NO/c1-5-15(16,11-12-17-14(2,3)4)13-9-7-6-8-10-13/h6-10H,5,11-12,16H2,1-4H3. The Labute approximate surface area is 105 Å². The third kappa shape index (κ3) is 4.49. The highest BCUT2D eigenvalue weighted by atomic mass is 16.5. The van der Waals surface area contributed by atoms with E-state index in [0.717, 1.165) is 12.8 Å². The van der Waals surface area contributed by atoms with Crippen molar-refractivity contribution in [3.05, 3.63) is 35.9 Å². The van der Waals surface area contributed by atoms with Gasteiger partial charge in [0.15, 0.2) is 0 Å². The molecule has 0 fully saturated rings. The Hall–Kier alpha value is -0.860. The van der Waals surface area contributed by atoms with Gasteiger partial charge in [-0.15, -0.1) is 0 Å². The monoisotopic (exact) mass is 235 g/mol. The van der Waals surface area contributed by atoms with Gasteiger partial charge in [-0.1, -0.05) is 37.3 Å². The summed E-state index contributed by atoms with van der Waals surface area (Å²) in [6.07, 6.45) is 1.77. The van der Waals surface area contributed by atoms with Crippen LogP contribution in [0.1, 0.15) is 46.1 Å². The van der Waals surface area contributed by atoms with Gasteiger partial charge in [0, 0.05) is 12.1 Å². The van der Waals surface area contributed by atoms with Crippen molar-refractivity contribution in [2.24, 2.45) is 5.73 Å². The van der Waals surface area contributed by atoms with Crippen molar-refractivity contribution in [2.45, 2.75) is 51.7 Å². The highest BCUT2D eigenvalue weighted by Crippen LogP contribution is 2.26. The van der Waals surface area contributed by atoms with E-state index in [-0.39, 0.29) is 11.1 Å². The largest absolute Gasteiger partial charge is 0.376 e. The Bertz CT molecular complexity index is 329. The highest BCUT2D eigenvalue weighted by Gasteiger charge is 2.25. The Kier molecular flexibility index (Phi) is 4.72. The molecule has 0 saturated carbocycles. The Morgan fingerprint density at radius 2 is 1.71 bits per heavy atom. The fraction of sp³-hybridized carbons (Fsp3) is 0.600. The molecule has 0 aromatic heterocycles. The van der Waals surface area contributed by atoms with Gasteiger partial charge in [0.05, 0.1) is 5.60 Å². The normalized spacial score (nSPS) is 15.6. The van der Waals surface area contributed by atoms with E-state index in [0.29, 0.717) is 6.61 Å². The van der Waals surface area contributed by atoms with Gasteiger partial charge in [0.2, 0.25) is 0 Å². The Morgan fingerprint density at radius 3 is 2.18 bits per heavy atom. The number of ether oxygens (including phenoxy) is 1. The van der Waals surface area contributed by atoms with Crippen LogP contribution in [-0.2, 0) is 10.3 Å². The molecule has 96 valence electrons. The fourth-order valence-electron chi connectivity index (χ4n) is 1.83. The van der Waals surface area contributed by atoms with E-state index in [1.807, 2.05) is 18.2 Å². The average molecular weight is 235 g/mol. The molecule has 1 atom stereocenters. The first kappa shape index (κ1) is 14.2. The number of hydrogen-bond acceptors (Lipinski definition) is 2. The molecule has 2 heteroatoms. The van der Waals surface area contributed by atoms with Gasteiger partial charge in [0.25, 0.3) is 0 Å². The lowest BCUT2D eigenvalue weighted by Gasteiger charge is -2.30. The smallest absolute Gasteiger partial charge is 0.0598 e. The summed E-state index contributed by atoms with van der Waals surface area (Å²) in [6, 6.07) is 10.3. The number of hydrogen-bond donors (Lipinski definition) is 1. The predicted octanol–water partition coefficient (Wildman–Crippen LogP) is 3.46. The first-order chi connectivity index (χ1) is 7.87. The van der Waals surface area contributed by atoms with Crippen LogP contribution >= 0.6 is 0 Å². The second kappa shape index (κ2) is 5.65. The fourth-order valence-corrected chi connectivity index (χ4v) is 1.83. The molecule has 2 N–H and O–H groups in total. The zero-order valence-corrected chi connectivity index (χ0v) is 11.5. The zero-order valence-electron chi connectivity index (χ0n) is 11.5. The molecule has 0 heterocycles. The molecule has 0 bridgehead atoms. The van der Waals surface area contributed by atoms with E-state index in [1.165, 1.54) is 5.56 Å². The van der Waals surface area contributed by atoms with E-state index in [9.17, 15) is 0 Å². The second-order valence-electron chi connectivity index (χ2n) is 5.59. The van der Waals surface area contributed by atoms with E-state index >= 15 is 0 Å². The molecule has 0 aliphatic carbocycles. The summed E-state index contributed by atoms with van der Waals surface area (Å²) in [5, 5.41) is 0. The van der Waals surface area contributed by atoms with Gasteiger partial charge in [-0.3, -0.25) is 0 Å². The minimum atomic E-state index is -0.271. The Balaban J connectivity index is 2.64.